The molecular formula is C13H11BrO3. The molecule has 0 aliphatic carbocycles. The van der Waals surface area contributed by atoms with Crippen molar-refractivity contribution < 1.29 is 13.9 Å². The Labute approximate surface area is 108 Å². The number of ether oxygens (including phenoxy) is 1. The fourth-order valence-corrected chi connectivity index (χ4v) is 1.90. The van der Waals surface area contributed by atoms with E-state index in [9.17, 15) is 4.79 Å². The van der Waals surface area contributed by atoms with E-state index < -0.39 is 0 Å². The first-order chi connectivity index (χ1) is 8.22. The highest BCUT2D eigenvalue weighted by atomic mass is 79.9. The van der Waals surface area contributed by atoms with Gasteiger partial charge in [0.15, 0.2) is 10.5 Å². The molecule has 0 unspecified atom stereocenters. The van der Waals surface area contributed by atoms with Crippen molar-refractivity contribution in [2.75, 3.05) is 6.61 Å². The molecule has 4 heteroatoms. The quantitative estimate of drug-likeness (QED) is 0.808. The second kappa shape index (κ2) is 5.19. The largest absolute Gasteiger partial charge is 0.494 e. The summed E-state index contributed by atoms with van der Waals surface area (Å²) in [7, 11) is 0. The number of carbonyl (C=O) groups excluding carboxylic acids is 1. The monoisotopic (exact) mass is 294 g/mol. The average Bonchev–Trinajstić information content (AvgIpc) is 2.76. The van der Waals surface area contributed by atoms with Crippen LogP contribution < -0.4 is 4.74 Å². The number of carbonyl (C=O) groups is 1. The van der Waals surface area contributed by atoms with Crippen molar-refractivity contribution in [1.29, 1.82) is 0 Å². The highest BCUT2D eigenvalue weighted by Crippen LogP contribution is 2.22. The maximum Gasteiger partial charge on any atom is 0.197 e. The summed E-state index contributed by atoms with van der Waals surface area (Å²) >= 11 is 3.19. The Kier molecular flexibility index (Phi) is 3.64. The van der Waals surface area contributed by atoms with Crippen LogP contribution in [0.2, 0.25) is 0 Å². The van der Waals surface area contributed by atoms with Crippen LogP contribution in [-0.4, -0.2) is 12.4 Å². The smallest absolute Gasteiger partial charge is 0.197 e. The number of halogens is 1. The molecule has 0 aliphatic rings. The Bertz CT molecular complexity index is 514. The minimum absolute atomic E-state index is 0.0753. The zero-order valence-corrected chi connectivity index (χ0v) is 10.9. The molecule has 2 aromatic rings. The lowest BCUT2D eigenvalue weighted by molar-refractivity contribution is 0.103. The second-order valence-electron chi connectivity index (χ2n) is 3.39. The summed E-state index contributed by atoms with van der Waals surface area (Å²) in [5.74, 6) is 0.684. The van der Waals surface area contributed by atoms with Gasteiger partial charge in [0, 0.05) is 5.56 Å². The molecule has 0 saturated heterocycles. The summed E-state index contributed by atoms with van der Waals surface area (Å²) in [6.07, 6.45) is 1.48. The van der Waals surface area contributed by atoms with Gasteiger partial charge in [-0.15, -0.1) is 0 Å². The van der Waals surface area contributed by atoms with Gasteiger partial charge >= 0.3 is 0 Å². The lowest BCUT2D eigenvalue weighted by atomic mass is 10.1. The standard InChI is InChI=1S/C13H11BrO3/c1-2-16-10-5-3-9(4-6-10)12(15)11-7-8-17-13(11)14/h3-8H,2H2,1H3. The van der Waals surface area contributed by atoms with Crippen molar-refractivity contribution in [1.82, 2.24) is 0 Å². The molecule has 1 aromatic carbocycles. The molecule has 0 spiro atoms. The second-order valence-corrected chi connectivity index (χ2v) is 4.11. The van der Waals surface area contributed by atoms with Crippen LogP contribution in [0, 0.1) is 0 Å². The van der Waals surface area contributed by atoms with Gasteiger partial charge < -0.3 is 9.15 Å². The van der Waals surface area contributed by atoms with E-state index in [1.54, 1.807) is 30.3 Å². The molecule has 0 amide bonds. The average molecular weight is 295 g/mol. The van der Waals surface area contributed by atoms with Crippen LogP contribution in [0.1, 0.15) is 22.8 Å². The van der Waals surface area contributed by atoms with Gasteiger partial charge in [-0.3, -0.25) is 4.79 Å². The number of benzene rings is 1. The normalized spacial score (nSPS) is 10.2. The minimum atomic E-state index is -0.0753. The molecule has 17 heavy (non-hydrogen) atoms. The van der Waals surface area contributed by atoms with Gasteiger partial charge in [-0.05, 0) is 53.2 Å². The summed E-state index contributed by atoms with van der Waals surface area (Å²) < 4.78 is 10.8. The highest BCUT2D eigenvalue weighted by Gasteiger charge is 2.14. The number of hydrogen-bond acceptors (Lipinski definition) is 3. The van der Waals surface area contributed by atoms with E-state index in [0.29, 0.717) is 22.4 Å². The number of furan rings is 1. The number of rotatable bonds is 4. The molecular weight excluding hydrogens is 284 g/mol. The van der Waals surface area contributed by atoms with Crippen molar-refractivity contribution in [3.05, 3.63) is 52.4 Å². The van der Waals surface area contributed by atoms with Crippen LogP contribution in [0.3, 0.4) is 0 Å². The third-order valence-corrected chi connectivity index (χ3v) is 2.90. The van der Waals surface area contributed by atoms with Crippen LogP contribution in [-0.2, 0) is 0 Å². The Morgan fingerprint density at radius 3 is 2.53 bits per heavy atom. The SMILES string of the molecule is CCOc1ccc(C(=O)c2ccoc2Br)cc1. The van der Waals surface area contributed by atoms with Crippen molar-refractivity contribution in [3.8, 4) is 5.75 Å². The van der Waals surface area contributed by atoms with Crippen molar-refractivity contribution in [2.45, 2.75) is 6.92 Å². The Morgan fingerprint density at radius 2 is 2.00 bits per heavy atom. The predicted octanol–water partition coefficient (Wildman–Crippen LogP) is 3.67. The Morgan fingerprint density at radius 1 is 1.29 bits per heavy atom. The van der Waals surface area contributed by atoms with Crippen LogP contribution >= 0.6 is 15.9 Å². The molecule has 0 N–H and O–H groups in total. The third kappa shape index (κ3) is 2.58. The molecule has 0 bridgehead atoms. The highest BCUT2D eigenvalue weighted by molar-refractivity contribution is 9.10. The molecule has 1 aromatic heterocycles. The van der Waals surface area contributed by atoms with Crippen molar-refractivity contribution >= 4 is 21.7 Å². The minimum Gasteiger partial charge on any atom is -0.494 e. The number of hydrogen-bond donors (Lipinski definition) is 0. The van der Waals surface area contributed by atoms with Crippen molar-refractivity contribution in [3.63, 3.8) is 0 Å². The maximum atomic E-state index is 12.1. The number of ketones is 1. The van der Waals surface area contributed by atoms with E-state index in [-0.39, 0.29) is 5.78 Å². The Hall–Kier alpha value is -1.55. The summed E-state index contributed by atoms with van der Waals surface area (Å²) in [4.78, 5) is 12.1. The van der Waals surface area contributed by atoms with E-state index in [2.05, 4.69) is 15.9 Å². The lowest BCUT2D eigenvalue weighted by Gasteiger charge is -2.03. The van der Waals surface area contributed by atoms with Gasteiger partial charge in [0.1, 0.15) is 5.75 Å². The van der Waals surface area contributed by atoms with E-state index in [1.807, 2.05) is 6.92 Å². The summed E-state index contributed by atoms with van der Waals surface area (Å²) in [6, 6.07) is 8.69. The van der Waals surface area contributed by atoms with Gasteiger partial charge in [0.25, 0.3) is 0 Å². The zero-order chi connectivity index (χ0) is 12.3. The molecule has 0 aliphatic heterocycles. The summed E-state index contributed by atoms with van der Waals surface area (Å²) in [5.41, 5.74) is 1.13. The fraction of sp³-hybridized carbons (Fsp3) is 0.154. The van der Waals surface area contributed by atoms with Gasteiger partial charge in [-0.2, -0.15) is 0 Å². The van der Waals surface area contributed by atoms with Gasteiger partial charge in [-0.1, -0.05) is 0 Å². The first kappa shape index (κ1) is 11.9. The van der Waals surface area contributed by atoms with E-state index in [1.165, 1.54) is 6.26 Å². The summed E-state index contributed by atoms with van der Waals surface area (Å²) in [6.45, 7) is 2.53. The van der Waals surface area contributed by atoms with Crippen LogP contribution in [0.5, 0.6) is 5.75 Å². The molecule has 88 valence electrons. The summed E-state index contributed by atoms with van der Waals surface area (Å²) in [5, 5.41) is 0. The zero-order valence-electron chi connectivity index (χ0n) is 9.27. The maximum absolute atomic E-state index is 12.1. The Balaban J connectivity index is 2.23. The predicted molar refractivity (Wildman–Crippen MR) is 67.5 cm³/mol. The van der Waals surface area contributed by atoms with Gasteiger partial charge in [0.2, 0.25) is 0 Å². The van der Waals surface area contributed by atoms with Crippen molar-refractivity contribution in [2.24, 2.45) is 0 Å². The topological polar surface area (TPSA) is 39.4 Å². The molecule has 0 saturated carbocycles. The van der Waals surface area contributed by atoms with E-state index in [4.69, 9.17) is 9.15 Å². The third-order valence-electron chi connectivity index (χ3n) is 2.29. The lowest BCUT2D eigenvalue weighted by Crippen LogP contribution is -2.00. The van der Waals surface area contributed by atoms with Crippen LogP contribution in [0.15, 0.2) is 45.7 Å². The first-order valence-corrected chi connectivity index (χ1v) is 6.02. The first-order valence-electron chi connectivity index (χ1n) is 5.23. The fourth-order valence-electron chi connectivity index (χ4n) is 1.48. The van der Waals surface area contributed by atoms with E-state index in [0.717, 1.165) is 5.75 Å². The van der Waals surface area contributed by atoms with Crippen LogP contribution in [0.4, 0.5) is 0 Å². The molecule has 0 atom stereocenters. The molecule has 0 radical (unpaired) electrons. The van der Waals surface area contributed by atoms with E-state index >= 15 is 0 Å². The molecule has 3 nitrogen and oxygen atoms in total. The van der Waals surface area contributed by atoms with Crippen LogP contribution in [0.25, 0.3) is 0 Å². The van der Waals surface area contributed by atoms with Gasteiger partial charge in [0.05, 0.1) is 18.4 Å². The molecule has 2 rings (SSSR count). The molecule has 1 heterocycles. The molecule has 0 fully saturated rings. The van der Waals surface area contributed by atoms with Gasteiger partial charge in [-0.25, -0.2) is 0 Å².